The second-order valence-electron chi connectivity index (χ2n) is 5.22. The van der Waals surface area contributed by atoms with E-state index >= 15 is 0 Å². The molecule has 0 atom stereocenters. The Morgan fingerprint density at radius 3 is 2.00 bits per heavy atom. The molecule has 2 N–H and O–H groups in total. The molecule has 0 aliphatic carbocycles. The van der Waals surface area contributed by atoms with Gasteiger partial charge in [-0.15, -0.1) is 0 Å². The van der Waals surface area contributed by atoms with Gasteiger partial charge in [-0.25, -0.2) is 0 Å². The van der Waals surface area contributed by atoms with Crippen molar-refractivity contribution in [1.29, 1.82) is 0 Å². The molecule has 23 heavy (non-hydrogen) atoms. The van der Waals surface area contributed by atoms with Gasteiger partial charge in [-0.05, 0) is 46.7 Å². The number of ether oxygens (including phenoxy) is 3. The van der Waals surface area contributed by atoms with Crippen LogP contribution in [0.5, 0.6) is 17.2 Å². The fraction of sp³-hybridized carbons (Fsp3) is 0.158. The average Bonchev–Trinajstić information content (AvgIpc) is 2.59. The summed E-state index contributed by atoms with van der Waals surface area (Å²) in [5.41, 5.74) is 8.86. The summed E-state index contributed by atoms with van der Waals surface area (Å²) in [6.45, 7) is 0. The number of hydrogen-bond donors (Lipinski definition) is 1. The van der Waals surface area contributed by atoms with Crippen molar-refractivity contribution in [3.05, 3.63) is 48.5 Å². The summed E-state index contributed by atoms with van der Waals surface area (Å²) in [6, 6.07) is 15.8. The Balaban J connectivity index is 2.12. The van der Waals surface area contributed by atoms with Gasteiger partial charge in [0.05, 0.1) is 21.3 Å². The summed E-state index contributed by atoms with van der Waals surface area (Å²) in [5.74, 6) is 2.18. The third kappa shape index (κ3) is 2.75. The summed E-state index contributed by atoms with van der Waals surface area (Å²) in [7, 11) is 4.90. The summed E-state index contributed by atoms with van der Waals surface area (Å²) in [6.07, 6.45) is 0. The first-order valence-corrected chi connectivity index (χ1v) is 7.26. The standard InChI is InChI=1S/C19H19NO3/c1-21-15-6-7-16(17(20)11-15)13-5-4-12-9-18(22-2)19(23-3)10-14(12)8-13/h4-11H,20H2,1-3H3. The lowest BCUT2D eigenvalue weighted by molar-refractivity contribution is 0.356. The van der Waals surface area contributed by atoms with Crippen molar-refractivity contribution in [2.45, 2.75) is 0 Å². The van der Waals surface area contributed by atoms with Crippen LogP contribution < -0.4 is 19.9 Å². The minimum atomic E-state index is 0.684. The topological polar surface area (TPSA) is 53.7 Å². The molecule has 0 fully saturated rings. The molecule has 4 heteroatoms. The molecule has 0 saturated carbocycles. The van der Waals surface area contributed by atoms with Gasteiger partial charge in [-0.3, -0.25) is 0 Å². The Labute approximate surface area is 135 Å². The van der Waals surface area contributed by atoms with Gasteiger partial charge in [-0.1, -0.05) is 12.1 Å². The lowest BCUT2D eigenvalue weighted by atomic mass is 9.99. The van der Waals surface area contributed by atoms with E-state index in [0.717, 1.165) is 33.4 Å². The van der Waals surface area contributed by atoms with Crippen molar-refractivity contribution < 1.29 is 14.2 Å². The van der Waals surface area contributed by atoms with Crippen LogP contribution in [-0.4, -0.2) is 21.3 Å². The van der Waals surface area contributed by atoms with Gasteiger partial charge in [-0.2, -0.15) is 0 Å². The van der Waals surface area contributed by atoms with E-state index < -0.39 is 0 Å². The molecule has 0 saturated heterocycles. The van der Waals surface area contributed by atoms with Crippen molar-refractivity contribution in [3.8, 4) is 28.4 Å². The van der Waals surface area contributed by atoms with Crippen LogP contribution in [0.4, 0.5) is 5.69 Å². The summed E-state index contributed by atoms with van der Waals surface area (Å²) in [4.78, 5) is 0. The van der Waals surface area contributed by atoms with E-state index in [1.807, 2.05) is 36.4 Å². The Morgan fingerprint density at radius 2 is 1.39 bits per heavy atom. The second kappa shape index (κ2) is 6.08. The normalized spacial score (nSPS) is 10.6. The van der Waals surface area contributed by atoms with Gasteiger partial charge >= 0.3 is 0 Å². The number of nitrogen functional groups attached to an aromatic ring is 1. The van der Waals surface area contributed by atoms with Crippen molar-refractivity contribution in [2.75, 3.05) is 27.1 Å². The molecule has 0 aliphatic rings. The summed E-state index contributed by atoms with van der Waals surface area (Å²) in [5, 5.41) is 2.15. The first kappa shape index (κ1) is 15.0. The predicted octanol–water partition coefficient (Wildman–Crippen LogP) is 4.11. The van der Waals surface area contributed by atoms with E-state index in [2.05, 4.69) is 12.1 Å². The van der Waals surface area contributed by atoms with E-state index in [1.54, 1.807) is 21.3 Å². The maximum absolute atomic E-state index is 6.15. The van der Waals surface area contributed by atoms with Crippen molar-refractivity contribution in [2.24, 2.45) is 0 Å². The number of nitrogens with two attached hydrogens (primary N) is 1. The highest BCUT2D eigenvalue weighted by atomic mass is 16.5. The Hall–Kier alpha value is -2.88. The molecule has 0 spiro atoms. The number of benzene rings is 3. The number of anilines is 1. The highest BCUT2D eigenvalue weighted by molar-refractivity contribution is 5.91. The third-order valence-electron chi connectivity index (χ3n) is 3.91. The number of hydrogen-bond acceptors (Lipinski definition) is 4. The van der Waals surface area contributed by atoms with Crippen LogP contribution in [0.1, 0.15) is 0 Å². The molecule has 4 nitrogen and oxygen atoms in total. The second-order valence-corrected chi connectivity index (χ2v) is 5.22. The van der Waals surface area contributed by atoms with Gasteiger partial charge in [0.1, 0.15) is 5.75 Å². The van der Waals surface area contributed by atoms with Gasteiger partial charge in [0.15, 0.2) is 11.5 Å². The van der Waals surface area contributed by atoms with Gasteiger partial charge < -0.3 is 19.9 Å². The first-order chi connectivity index (χ1) is 11.2. The lowest BCUT2D eigenvalue weighted by Crippen LogP contribution is -1.93. The lowest BCUT2D eigenvalue weighted by Gasteiger charge is -2.12. The Morgan fingerprint density at radius 1 is 0.696 bits per heavy atom. The zero-order chi connectivity index (χ0) is 16.4. The largest absolute Gasteiger partial charge is 0.497 e. The molecular formula is C19H19NO3. The molecule has 0 amide bonds. The van der Waals surface area contributed by atoms with E-state index in [0.29, 0.717) is 11.4 Å². The van der Waals surface area contributed by atoms with Crippen molar-refractivity contribution in [1.82, 2.24) is 0 Å². The minimum Gasteiger partial charge on any atom is -0.497 e. The summed E-state index contributed by atoms with van der Waals surface area (Å²) < 4.78 is 15.9. The zero-order valence-corrected chi connectivity index (χ0v) is 13.4. The van der Waals surface area contributed by atoms with Crippen LogP contribution in [0.2, 0.25) is 0 Å². The third-order valence-corrected chi connectivity index (χ3v) is 3.91. The Bertz CT molecular complexity index is 859. The molecule has 0 bridgehead atoms. The van der Waals surface area contributed by atoms with Crippen LogP contribution in [0.25, 0.3) is 21.9 Å². The molecule has 0 heterocycles. The molecule has 3 rings (SSSR count). The molecule has 3 aromatic carbocycles. The first-order valence-electron chi connectivity index (χ1n) is 7.26. The van der Waals surface area contributed by atoms with Crippen LogP contribution in [0.3, 0.4) is 0 Å². The molecule has 0 aromatic heterocycles. The highest BCUT2D eigenvalue weighted by Gasteiger charge is 2.09. The van der Waals surface area contributed by atoms with E-state index in [4.69, 9.17) is 19.9 Å². The fourth-order valence-electron chi connectivity index (χ4n) is 2.67. The monoisotopic (exact) mass is 309 g/mol. The number of methoxy groups -OCH3 is 3. The minimum absolute atomic E-state index is 0.684. The van der Waals surface area contributed by atoms with Gasteiger partial charge in [0.25, 0.3) is 0 Å². The van der Waals surface area contributed by atoms with Gasteiger partial charge in [0, 0.05) is 17.3 Å². The van der Waals surface area contributed by atoms with E-state index in [9.17, 15) is 0 Å². The highest BCUT2D eigenvalue weighted by Crippen LogP contribution is 2.36. The molecule has 0 aliphatic heterocycles. The SMILES string of the molecule is COc1ccc(-c2ccc3cc(OC)c(OC)cc3c2)c(N)c1. The van der Waals surface area contributed by atoms with Crippen LogP contribution in [0, 0.1) is 0 Å². The summed E-state index contributed by atoms with van der Waals surface area (Å²) >= 11 is 0. The number of rotatable bonds is 4. The van der Waals surface area contributed by atoms with Crippen LogP contribution in [-0.2, 0) is 0 Å². The molecule has 0 unspecified atom stereocenters. The van der Waals surface area contributed by atoms with E-state index in [-0.39, 0.29) is 0 Å². The molecule has 118 valence electrons. The molecule has 3 aromatic rings. The number of fused-ring (bicyclic) bond motifs is 1. The Kier molecular flexibility index (Phi) is 3.98. The zero-order valence-electron chi connectivity index (χ0n) is 13.4. The maximum Gasteiger partial charge on any atom is 0.161 e. The maximum atomic E-state index is 6.15. The predicted molar refractivity (Wildman–Crippen MR) is 93.5 cm³/mol. The molecular weight excluding hydrogens is 290 g/mol. The van der Waals surface area contributed by atoms with Crippen molar-refractivity contribution in [3.63, 3.8) is 0 Å². The van der Waals surface area contributed by atoms with Crippen LogP contribution in [0.15, 0.2) is 48.5 Å². The average molecular weight is 309 g/mol. The van der Waals surface area contributed by atoms with E-state index in [1.165, 1.54) is 0 Å². The van der Waals surface area contributed by atoms with Crippen LogP contribution >= 0.6 is 0 Å². The van der Waals surface area contributed by atoms with Crippen molar-refractivity contribution >= 4 is 16.5 Å². The smallest absolute Gasteiger partial charge is 0.161 e. The van der Waals surface area contributed by atoms with Gasteiger partial charge in [0.2, 0.25) is 0 Å². The fourth-order valence-corrected chi connectivity index (χ4v) is 2.67. The molecule has 0 radical (unpaired) electrons. The quantitative estimate of drug-likeness (QED) is 0.737.